The van der Waals surface area contributed by atoms with E-state index in [1.54, 1.807) is 7.11 Å². The minimum atomic E-state index is -0.219. The first-order chi connectivity index (χ1) is 13.4. The molecule has 0 aliphatic rings. The van der Waals surface area contributed by atoms with E-state index in [2.05, 4.69) is 25.5 Å². The second-order valence-electron chi connectivity index (χ2n) is 7.22. The number of hydrogen-bond acceptors (Lipinski definition) is 3. The van der Waals surface area contributed by atoms with Gasteiger partial charge in [0.05, 0.1) is 14.2 Å². The Morgan fingerprint density at radius 1 is 1.11 bits per heavy atom. The summed E-state index contributed by atoms with van der Waals surface area (Å²) in [5.41, 5.74) is 2.07. The third-order valence-corrected chi connectivity index (χ3v) is 4.98. The molecule has 3 rings (SSSR count). The number of quaternary nitrogens is 1. The largest absolute Gasteiger partial charge is 0.497 e. The van der Waals surface area contributed by atoms with Crippen LogP contribution in [0, 0.1) is 10.6 Å². The van der Waals surface area contributed by atoms with Crippen LogP contribution in [0.5, 0.6) is 5.75 Å². The Bertz CT molecular complexity index is 977. The summed E-state index contributed by atoms with van der Waals surface area (Å²) in [6, 6.07) is 14.6. The Morgan fingerprint density at radius 2 is 1.75 bits per heavy atom. The van der Waals surface area contributed by atoms with Crippen LogP contribution in [0.2, 0.25) is 0 Å². The van der Waals surface area contributed by atoms with E-state index >= 15 is 0 Å². The fraction of sp³-hybridized carbons (Fsp3) is 0.333. The molecule has 0 saturated heterocycles. The number of hydrogen-bond donors (Lipinski definition) is 1. The van der Waals surface area contributed by atoms with Crippen molar-refractivity contribution in [1.29, 1.82) is 0 Å². The molecule has 5 nitrogen and oxygen atoms in total. The lowest BCUT2D eigenvalue weighted by molar-refractivity contribution is -0.917. The maximum atomic E-state index is 13.1. The molecule has 0 radical (unpaired) electrons. The molecule has 148 valence electrons. The van der Waals surface area contributed by atoms with Crippen molar-refractivity contribution in [3.05, 3.63) is 64.7 Å². The second kappa shape index (κ2) is 8.67. The van der Waals surface area contributed by atoms with Crippen molar-refractivity contribution < 1.29 is 14.0 Å². The fourth-order valence-electron chi connectivity index (χ4n) is 3.19. The van der Waals surface area contributed by atoms with Gasteiger partial charge in [-0.15, -0.1) is 5.10 Å². The van der Waals surface area contributed by atoms with Gasteiger partial charge in [0, 0.05) is 17.2 Å². The summed E-state index contributed by atoms with van der Waals surface area (Å²) >= 11 is 5.71. The van der Waals surface area contributed by atoms with Gasteiger partial charge >= 0.3 is 0 Å². The Labute approximate surface area is 170 Å². The molecule has 7 heteroatoms. The SMILES string of the molecule is COc1ccc(-c2nn(C[NH+](C)Cc3ccc(F)cc3)c(=S)n2C(C)C)cc1. The third kappa shape index (κ3) is 4.48. The highest BCUT2D eigenvalue weighted by Crippen LogP contribution is 2.24. The van der Waals surface area contributed by atoms with E-state index in [4.69, 9.17) is 22.1 Å². The molecule has 0 bridgehead atoms. The quantitative estimate of drug-likeness (QED) is 0.616. The number of ether oxygens (including phenoxy) is 1. The Kier molecular flexibility index (Phi) is 6.26. The molecule has 1 N–H and O–H groups in total. The number of aromatic nitrogens is 3. The van der Waals surface area contributed by atoms with Gasteiger partial charge in [0.1, 0.15) is 18.1 Å². The van der Waals surface area contributed by atoms with Crippen molar-refractivity contribution in [2.24, 2.45) is 0 Å². The molecule has 1 atom stereocenters. The molecule has 1 aromatic heterocycles. The maximum Gasteiger partial charge on any atom is 0.203 e. The van der Waals surface area contributed by atoms with Crippen molar-refractivity contribution in [2.45, 2.75) is 33.1 Å². The molecular formula is C21H26FN4OS+. The van der Waals surface area contributed by atoms with Gasteiger partial charge in [-0.05, 0) is 62.5 Å². The van der Waals surface area contributed by atoms with E-state index in [1.807, 2.05) is 41.1 Å². The van der Waals surface area contributed by atoms with Crippen LogP contribution in [-0.2, 0) is 13.2 Å². The summed E-state index contributed by atoms with van der Waals surface area (Å²) in [5.74, 6) is 1.43. The third-order valence-electron chi connectivity index (χ3n) is 4.57. The number of benzene rings is 2. The van der Waals surface area contributed by atoms with Crippen molar-refractivity contribution >= 4 is 12.2 Å². The molecule has 0 saturated carbocycles. The topological polar surface area (TPSA) is 36.4 Å². The number of halogens is 1. The van der Waals surface area contributed by atoms with Crippen molar-refractivity contribution in [3.63, 3.8) is 0 Å². The van der Waals surface area contributed by atoms with E-state index in [0.717, 1.165) is 29.2 Å². The van der Waals surface area contributed by atoms with Crippen LogP contribution < -0.4 is 9.64 Å². The maximum absolute atomic E-state index is 13.1. The Balaban J connectivity index is 1.86. The van der Waals surface area contributed by atoms with Gasteiger partial charge in [-0.2, -0.15) is 4.68 Å². The van der Waals surface area contributed by atoms with Crippen LogP contribution in [0.25, 0.3) is 11.4 Å². The molecule has 0 aliphatic heterocycles. The van der Waals surface area contributed by atoms with Crippen LogP contribution in [0.15, 0.2) is 48.5 Å². The number of nitrogens with zero attached hydrogens (tertiary/aromatic N) is 3. The van der Waals surface area contributed by atoms with Gasteiger partial charge in [0.2, 0.25) is 4.77 Å². The molecule has 2 aromatic carbocycles. The normalized spacial score (nSPS) is 12.4. The monoisotopic (exact) mass is 401 g/mol. The van der Waals surface area contributed by atoms with Gasteiger partial charge in [-0.1, -0.05) is 12.1 Å². The summed E-state index contributed by atoms with van der Waals surface area (Å²) in [7, 11) is 3.73. The Hall–Kier alpha value is -2.51. The number of rotatable bonds is 7. The lowest BCUT2D eigenvalue weighted by atomic mass is 10.2. The number of nitrogens with one attached hydrogen (secondary N) is 1. The van der Waals surface area contributed by atoms with Gasteiger partial charge in [-0.3, -0.25) is 4.57 Å². The standard InChI is InChI=1S/C21H25FN4OS/c1-15(2)26-20(17-7-11-19(27-4)12-8-17)23-25(21(26)28)14-24(3)13-16-5-9-18(22)10-6-16/h5-12,15H,13-14H2,1-4H3/p+1. The van der Waals surface area contributed by atoms with Crippen LogP contribution >= 0.6 is 12.2 Å². The summed E-state index contributed by atoms with van der Waals surface area (Å²) in [4.78, 5) is 1.21. The van der Waals surface area contributed by atoms with Gasteiger partial charge in [0.25, 0.3) is 0 Å². The molecule has 28 heavy (non-hydrogen) atoms. The highest BCUT2D eigenvalue weighted by atomic mass is 32.1. The molecule has 0 amide bonds. The van der Waals surface area contributed by atoms with E-state index in [9.17, 15) is 4.39 Å². The molecule has 1 unspecified atom stereocenters. The zero-order valence-corrected chi connectivity index (χ0v) is 17.5. The number of methoxy groups -OCH3 is 1. The smallest absolute Gasteiger partial charge is 0.203 e. The van der Waals surface area contributed by atoms with Gasteiger partial charge in [0.15, 0.2) is 12.5 Å². The summed E-state index contributed by atoms with van der Waals surface area (Å²) in [5, 5.41) is 4.81. The first-order valence-electron chi connectivity index (χ1n) is 9.28. The van der Waals surface area contributed by atoms with Crippen LogP contribution in [0.4, 0.5) is 4.39 Å². The average Bonchev–Trinajstić information content (AvgIpc) is 3.00. The predicted octanol–water partition coefficient (Wildman–Crippen LogP) is 3.48. The van der Waals surface area contributed by atoms with E-state index in [0.29, 0.717) is 11.4 Å². The zero-order valence-electron chi connectivity index (χ0n) is 16.6. The second-order valence-corrected chi connectivity index (χ2v) is 7.58. The molecule has 0 fully saturated rings. The highest BCUT2D eigenvalue weighted by Gasteiger charge is 2.17. The molecule has 3 aromatic rings. The molecule has 1 heterocycles. The highest BCUT2D eigenvalue weighted by molar-refractivity contribution is 7.71. The van der Waals surface area contributed by atoms with Gasteiger partial charge < -0.3 is 9.64 Å². The summed E-state index contributed by atoms with van der Waals surface area (Å²) in [6.07, 6.45) is 0. The van der Waals surface area contributed by atoms with Crippen molar-refractivity contribution in [1.82, 2.24) is 14.3 Å². The molecular weight excluding hydrogens is 375 g/mol. The lowest BCUT2D eigenvalue weighted by Gasteiger charge is -2.14. The minimum absolute atomic E-state index is 0.191. The minimum Gasteiger partial charge on any atom is -0.497 e. The van der Waals surface area contributed by atoms with Gasteiger partial charge in [-0.25, -0.2) is 4.39 Å². The summed E-state index contributed by atoms with van der Waals surface area (Å²) in [6.45, 7) is 5.58. The Morgan fingerprint density at radius 3 is 2.32 bits per heavy atom. The first-order valence-corrected chi connectivity index (χ1v) is 9.69. The van der Waals surface area contributed by atoms with Crippen LogP contribution in [0.3, 0.4) is 0 Å². The van der Waals surface area contributed by atoms with E-state index < -0.39 is 0 Å². The van der Waals surface area contributed by atoms with Crippen LogP contribution in [0.1, 0.15) is 25.5 Å². The summed E-state index contributed by atoms with van der Waals surface area (Å²) < 4.78 is 23.0. The fourth-order valence-corrected chi connectivity index (χ4v) is 3.59. The average molecular weight is 402 g/mol. The zero-order chi connectivity index (χ0) is 20.3. The lowest BCUT2D eigenvalue weighted by Crippen LogP contribution is -3.07. The van der Waals surface area contributed by atoms with Crippen molar-refractivity contribution in [2.75, 3.05) is 14.2 Å². The van der Waals surface area contributed by atoms with Crippen LogP contribution in [-0.4, -0.2) is 28.5 Å². The predicted molar refractivity (Wildman–Crippen MR) is 110 cm³/mol. The van der Waals surface area contributed by atoms with Crippen molar-refractivity contribution in [3.8, 4) is 17.1 Å². The van der Waals surface area contributed by atoms with E-state index in [1.165, 1.54) is 17.0 Å². The molecule has 0 aliphatic carbocycles. The first kappa shape index (κ1) is 20.2. The van der Waals surface area contributed by atoms with E-state index in [-0.39, 0.29) is 11.9 Å². The molecule has 0 spiro atoms.